The zero-order valence-electron chi connectivity index (χ0n) is 14.0. The predicted octanol–water partition coefficient (Wildman–Crippen LogP) is 4.17. The van der Waals surface area contributed by atoms with Gasteiger partial charge in [0.25, 0.3) is 5.91 Å². The van der Waals surface area contributed by atoms with Gasteiger partial charge in [0.05, 0.1) is 20.0 Å². The number of amides is 1. The Morgan fingerprint density at radius 2 is 2.11 bits per heavy atom. The lowest BCUT2D eigenvalue weighted by molar-refractivity contribution is -0.380. The van der Waals surface area contributed by atoms with Gasteiger partial charge in [-0.15, -0.1) is 11.3 Å². The van der Waals surface area contributed by atoms with Gasteiger partial charge >= 0.3 is 11.0 Å². The molecule has 2 aromatic heterocycles. The molecule has 0 aliphatic heterocycles. The summed E-state index contributed by atoms with van der Waals surface area (Å²) >= 11 is 3.79. The van der Waals surface area contributed by atoms with Crippen molar-refractivity contribution in [3.8, 4) is 0 Å². The number of thiazole rings is 1. The third-order valence-corrected chi connectivity index (χ3v) is 6.40. The fraction of sp³-hybridized carbons (Fsp3) is 0.188. The van der Waals surface area contributed by atoms with Crippen molar-refractivity contribution in [2.75, 3.05) is 17.7 Å². The number of hydrogen-bond donors (Lipinski definition) is 1. The largest absolute Gasteiger partial charge is 0.465 e. The van der Waals surface area contributed by atoms with Gasteiger partial charge in [-0.25, -0.2) is 4.98 Å². The van der Waals surface area contributed by atoms with E-state index in [1.54, 1.807) is 12.1 Å². The number of nitrogens with zero attached hydrogens (tertiary/aromatic N) is 2. The van der Waals surface area contributed by atoms with E-state index in [0.717, 1.165) is 25.9 Å². The third kappa shape index (κ3) is 5.02. The molecule has 27 heavy (non-hydrogen) atoms. The van der Waals surface area contributed by atoms with Gasteiger partial charge in [-0.1, -0.05) is 23.1 Å². The minimum atomic E-state index is -0.522. The first kappa shape index (κ1) is 19.3. The van der Waals surface area contributed by atoms with E-state index >= 15 is 0 Å². The van der Waals surface area contributed by atoms with Crippen LogP contribution in [0.2, 0.25) is 0 Å². The summed E-state index contributed by atoms with van der Waals surface area (Å²) in [5.41, 5.74) is 1.39. The van der Waals surface area contributed by atoms with Crippen molar-refractivity contribution in [3.05, 3.63) is 45.3 Å². The van der Waals surface area contributed by atoms with E-state index in [1.165, 1.54) is 42.2 Å². The molecule has 0 bridgehead atoms. The molecule has 0 radical (unpaired) electrons. The molecule has 3 aromatic rings. The number of carbonyl (C=O) groups excluding carboxylic acids is 2. The Morgan fingerprint density at radius 3 is 2.81 bits per heavy atom. The lowest BCUT2D eigenvalue weighted by Gasteiger charge is -2.02. The normalized spacial score (nSPS) is 10.7. The second-order valence-corrected chi connectivity index (χ2v) is 8.63. The quantitative estimate of drug-likeness (QED) is 0.199. The average molecular weight is 423 g/mol. The molecule has 0 unspecified atom stereocenters. The molecule has 0 aliphatic rings. The second kappa shape index (κ2) is 8.46. The van der Waals surface area contributed by atoms with E-state index in [9.17, 15) is 19.7 Å². The van der Waals surface area contributed by atoms with Crippen LogP contribution in [0.4, 0.5) is 10.7 Å². The number of thioether (sulfide) groups is 1. The summed E-state index contributed by atoms with van der Waals surface area (Å²) < 4.78 is 6.63. The number of fused-ring (bicyclic) bond motifs is 1. The Kier molecular flexibility index (Phi) is 6.04. The molecule has 0 atom stereocenters. The van der Waals surface area contributed by atoms with Gasteiger partial charge < -0.3 is 10.1 Å². The van der Waals surface area contributed by atoms with E-state index in [0.29, 0.717) is 18.0 Å². The van der Waals surface area contributed by atoms with Gasteiger partial charge in [0.2, 0.25) is 0 Å². The van der Waals surface area contributed by atoms with Crippen LogP contribution in [0, 0.1) is 10.1 Å². The van der Waals surface area contributed by atoms with Gasteiger partial charge in [0.15, 0.2) is 4.34 Å². The summed E-state index contributed by atoms with van der Waals surface area (Å²) in [7, 11) is 0. The van der Waals surface area contributed by atoms with E-state index in [1.807, 2.05) is 6.07 Å². The molecule has 1 aromatic carbocycles. The molecule has 0 fully saturated rings. The monoisotopic (exact) mass is 423 g/mol. The van der Waals surface area contributed by atoms with Crippen LogP contribution in [-0.2, 0) is 9.53 Å². The molecule has 0 saturated carbocycles. The van der Waals surface area contributed by atoms with E-state index in [-0.39, 0.29) is 15.8 Å². The summed E-state index contributed by atoms with van der Waals surface area (Å²) in [6.45, 7) is 1.69. The highest BCUT2D eigenvalue weighted by molar-refractivity contribution is 8.01. The summed E-state index contributed by atoms with van der Waals surface area (Å²) in [4.78, 5) is 37.9. The molecular weight excluding hydrogens is 410 g/mol. The van der Waals surface area contributed by atoms with E-state index in [4.69, 9.17) is 4.74 Å². The molecule has 2 heterocycles. The van der Waals surface area contributed by atoms with Crippen molar-refractivity contribution < 1.29 is 19.2 Å². The van der Waals surface area contributed by atoms with Crippen LogP contribution in [0.15, 0.2) is 34.7 Å². The standard InChI is InChI=1S/C16H13N3O5S3/c1-9(20)24-6-7-25-16-18-11-3-2-10(8-13(11)27-16)17-15(21)12-4-5-14(26-12)19(22)23/h2-5,8H,6-7H2,1H3,(H,17,21). The summed E-state index contributed by atoms with van der Waals surface area (Å²) in [6, 6.07) is 8.08. The first-order valence-corrected chi connectivity index (χ1v) is 10.3. The molecule has 0 spiro atoms. The second-order valence-electron chi connectivity index (χ2n) is 5.20. The van der Waals surface area contributed by atoms with E-state index < -0.39 is 10.8 Å². The summed E-state index contributed by atoms with van der Waals surface area (Å²) in [5.74, 6) is -0.0931. The first-order chi connectivity index (χ1) is 12.9. The number of aromatic nitrogens is 1. The van der Waals surface area contributed by atoms with Crippen molar-refractivity contribution in [3.63, 3.8) is 0 Å². The maximum atomic E-state index is 12.2. The number of ether oxygens (including phenoxy) is 1. The fourth-order valence-corrected chi connectivity index (χ4v) is 4.81. The Bertz CT molecular complexity index is 1010. The van der Waals surface area contributed by atoms with Crippen LogP contribution < -0.4 is 5.32 Å². The zero-order valence-corrected chi connectivity index (χ0v) is 16.4. The maximum absolute atomic E-state index is 12.2. The minimum absolute atomic E-state index is 0.0755. The predicted molar refractivity (Wildman–Crippen MR) is 106 cm³/mol. The Hall–Kier alpha value is -2.50. The van der Waals surface area contributed by atoms with Crippen molar-refractivity contribution in [1.82, 2.24) is 4.98 Å². The number of anilines is 1. The number of benzene rings is 1. The number of esters is 1. The number of nitrogens with one attached hydrogen (secondary N) is 1. The number of nitro groups is 1. The van der Waals surface area contributed by atoms with Crippen LogP contribution in [0.5, 0.6) is 0 Å². The number of carbonyl (C=O) groups is 2. The molecule has 8 nitrogen and oxygen atoms in total. The maximum Gasteiger partial charge on any atom is 0.324 e. The van der Waals surface area contributed by atoms with Crippen molar-refractivity contribution in [1.29, 1.82) is 0 Å². The Labute approximate surface area is 165 Å². The lowest BCUT2D eigenvalue weighted by atomic mass is 10.3. The molecule has 3 rings (SSSR count). The fourth-order valence-electron chi connectivity index (χ4n) is 2.10. The van der Waals surface area contributed by atoms with Crippen LogP contribution >= 0.6 is 34.4 Å². The van der Waals surface area contributed by atoms with Crippen molar-refractivity contribution in [2.24, 2.45) is 0 Å². The highest BCUT2D eigenvalue weighted by Gasteiger charge is 2.16. The topological polar surface area (TPSA) is 111 Å². The summed E-state index contributed by atoms with van der Waals surface area (Å²) in [5, 5.41) is 13.4. The van der Waals surface area contributed by atoms with Crippen LogP contribution in [-0.4, -0.2) is 34.1 Å². The van der Waals surface area contributed by atoms with E-state index in [2.05, 4.69) is 10.3 Å². The smallest absolute Gasteiger partial charge is 0.324 e. The van der Waals surface area contributed by atoms with Crippen LogP contribution in [0.25, 0.3) is 10.2 Å². The summed E-state index contributed by atoms with van der Waals surface area (Å²) in [6.07, 6.45) is 0. The van der Waals surface area contributed by atoms with Gasteiger partial charge in [0, 0.05) is 24.4 Å². The molecule has 1 N–H and O–H groups in total. The third-order valence-electron chi connectivity index (χ3n) is 3.24. The first-order valence-electron chi connectivity index (χ1n) is 7.65. The number of thiophene rings is 1. The molecule has 11 heteroatoms. The van der Waals surface area contributed by atoms with Crippen molar-refractivity contribution >= 4 is 67.2 Å². The molecule has 140 valence electrons. The van der Waals surface area contributed by atoms with Gasteiger partial charge in [-0.3, -0.25) is 19.7 Å². The molecule has 0 saturated heterocycles. The SMILES string of the molecule is CC(=O)OCCSc1nc2ccc(NC(=O)c3ccc([N+](=O)[O-])s3)cc2s1. The van der Waals surface area contributed by atoms with Gasteiger partial charge in [-0.2, -0.15) is 0 Å². The van der Waals surface area contributed by atoms with Crippen molar-refractivity contribution in [2.45, 2.75) is 11.3 Å². The molecule has 0 aliphatic carbocycles. The Morgan fingerprint density at radius 1 is 1.30 bits per heavy atom. The average Bonchev–Trinajstić information content (AvgIpc) is 3.25. The number of hydrogen-bond acceptors (Lipinski definition) is 9. The molecule has 1 amide bonds. The number of rotatable bonds is 7. The highest BCUT2D eigenvalue weighted by atomic mass is 32.2. The highest BCUT2D eigenvalue weighted by Crippen LogP contribution is 2.31. The Balaban J connectivity index is 1.65. The lowest BCUT2D eigenvalue weighted by Crippen LogP contribution is -2.09. The van der Waals surface area contributed by atoms with Gasteiger partial charge in [0.1, 0.15) is 6.61 Å². The minimum Gasteiger partial charge on any atom is -0.465 e. The molecular formula is C16H13N3O5S3. The van der Waals surface area contributed by atoms with Crippen LogP contribution in [0.1, 0.15) is 16.6 Å². The van der Waals surface area contributed by atoms with Crippen LogP contribution in [0.3, 0.4) is 0 Å². The zero-order chi connectivity index (χ0) is 19.4. The van der Waals surface area contributed by atoms with Gasteiger partial charge in [-0.05, 0) is 24.3 Å².